The minimum Gasteiger partial charge on any atom is -0.487 e. The van der Waals surface area contributed by atoms with Crippen LogP contribution in [-0.2, 0) is 4.79 Å². The monoisotopic (exact) mass is 361 g/mol. The topological polar surface area (TPSA) is 111 Å². The molecule has 0 saturated carbocycles. The lowest BCUT2D eigenvalue weighted by Crippen LogP contribution is -2.13. The maximum Gasteiger partial charge on any atom is 0.311 e. The Hall–Kier alpha value is -3.49. The first-order valence-electron chi connectivity index (χ1n) is 7.61. The number of nitrogens with one attached hydrogen (secondary N) is 2. The minimum absolute atomic E-state index is 0.0329. The lowest BCUT2D eigenvalue weighted by atomic mass is 10.1. The number of nitro benzene ring substituents is 1. The van der Waals surface area contributed by atoms with E-state index in [1.165, 1.54) is 31.2 Å². The Labute approximate surface area is 148 Å². The van der Waals surface area contributed by atoms with Crippen LogP contribution in [0.3, 0.4) is 0 Å². The molecule has 0 unspecified atom stereocenters. The summed E-state index contributed by atoms with van der Waals surface area (Å²) in [5.74, 6) is -1.69. The Balaban J connectivity index is 2.26. The van der Waals surface area contributed by atoms with Gasteiger partial charge < -0.3 is 15.4 Å². The maximum atomic E-state index is 13.6. The van der Waals surface area contributed by atoms with E-state index in [-0.39, 0.29) is 35.0 Å². The van der Waals surface area contributed by atoms with E-state index in [0.29, 0.717) is 0 Å². The van der Waals surface area contributed by atoms with Crippen molar-refractivity contribution < 1.29 is 23.6 Å². The number of carbonyl (C=O) groups is 2. The maximum absolute atomic E-state index is 13.6. The lowest BCUT2D eigenvalue weighted by molar-refractivity contribution is -0.385. The number of rotatable bonds is 6. The van der Waals surface area contributed by atoms with Crippen LogP contribution in [0.15, 0.2) is 36.4 Å². The minimum atomic E-state index is -0.657. The molecule has 0 aromatic heterocycles. The van der Waals surface area contributed by atoms with Crippen LogP contribution in [-0.4, -0.2) is 23.3 Å². The fourth-order valence-corrected chi connectivity index (χ4v) is 2.17. The summed E-state index contributed by atoms with van der Waals surface area (Å²) in [4.78, 5) is 33.9. The van der Waals surface area contributed by atoms with Crippen molar-refractivity contribution in [2.24, 2.45) is 0 Å². The molecular formula is C17H16FN3O5. The van der Waals surface area contributed by atoms with Gasteiger partial charge in [0.25, 0.3) is 5.91 Å². The summed E-state index contributed by atoms with van der Waals surface area (Å²) in [6.45, 7) is 3.16. The molecule has 0 heterocycles. The fourth-order valence-electron chi connectivity index (χ4n) is 2.17. The van der Waals surface area contributed by atoms with E-state index in [0.717, 1.165) is 12.1 Å². The highest BCUT2D eigenvalue weighted by molar-refractivity contribution is 6.05. The fraction of sp³-hybridized carbons (Fsp3) is 0.176. The summed E-state index contributed by atoms with van der Waals surface area (Å²) in [6.07, 6.45) is 0. The molecule has 2 rings (SSSR count). The van der Waals surface area contributed by atoms with Crippen molar-refractivity contribution in [2.75, 3.05) is 17.2 Å². The second-order valence-electron chi connectivity index (χ2n) is 5.20. The molecule has 0 aliphatic heterocycles. The molecule has 26 heavy (non-hydrogen) atoms. The number of ether oxygens (including phenoxy) is 1. The molecule has 0 aliphatic rings. The van der Waals surface area contributed by atoms with Crippen LogP contribution >= 0.6 is 0 Å². The summed E-state index contributed by atoms with van der Waals surface area (Å²) in [5.41, 5.74) is -0.173. The molecule has 2 N–H and O–H groups in total. The van der Waals surface area contributed by atoms with Crippen LogP contribution in [0, 0.1) is 15.9 Å². The van der Waals surface area contributed by atoms with Gasteiger partial charge in [-0.25, -0.2) is 4.39 Å². The molecule has 8 nitrogen and oxygen atoms in total. The lowest BCUT2D eigenvalue weighted by Gasteiger charge is -2.10. The van der Waals surface area contributed by atoms with Crippen molar-refractivity contribution in [3.8, 4) is 5.75 Å². The highest BCUT2D eigenvalue weighted by Crippen LogP contribution is 2.28. The van der Waals surface area contributed by atoms with Crippen molar-refractivity contribution in [2.45, 2.75) is 13.8 Å². The molecule has 0 bridgehead atoms. The molecule has 0 atom stereocenters. The van der Waals surface area contributed by atoms with Crippen molar-refractivity contribution in [3.05, 3.63) is 57.9 Å². The molecule has 2 aromatic carbocycles. The smallest absolute Gasteiger partial charge is 0.311 e. The Kier molecular flexibility index (Phi) is 5.84. The molecule has 0 radical (unpaired) electrons. The van der Waals surface area contributed by atoms with Gasteiger partial charge in [0.2, 0.25) is 5.91 Å². The van der Waals surface area contributed by atoms with Crippen LogP contribution < -0.4 is 15.4 Å². The second-order valence-corrected chi connectivity index (χ2v) is 5.20. The van der Waals surface area contributed by atoms with Crippen LogP contribution in [0.4, 0.5) is 21.5 Å². The van der Waals surface area contributed by atoms with Gasteiger partial charge in [-0.1, -0.05) is 0 Å². The van der Waals surface area contributed by atoms with E-state index in [2.05, 4.69) is 10.6 Å². The van der Waals surface area contributed by atoms with Gasteiger partial charge in [-0.05, 0) is 37.3 Å². The number of nitrogens with zero attached hydrogens (tertiary/aromatic N) is 1. The molecule has 0 fully saturated rings. The number of hydrogen-bond acceptors (Lipinski definition) is 5. The predicted molar refractivity (Wildman–Crippen MR) is 92.9 cm³/mol. The van der Waals surface area contributed by atoms with Gasteiger partial charge >= 0.3 is 5.69 Å². The highest BCUT2D eigenvalue weighted by Gasteiger charge is 2.19. The molecule has 9 heteroatoms. The first-order valence-corrected chi connectivity index (χ1v) is 7.61. The zero-order chi connectivity index (χ0) is 19.3. The van der Waals surface area contributed by atoms with E-state index in [4.69, 9.17) is 4.74 Å². The third-order valence-electron chi connectivity index (χ3n) is 3.25. The largest absolute Gasteiger partial charge is 0.487 e. The quantitative estimate of drug-likeness (QED) is 0.605. The number of halogens is 1. The van der Waals surface area contributed by atoms with Gasteiger partial charge in [-0.2, -0.15) is 0 Å². The Bertz CT molecular complexity index is 869. The van der Waals surface area contributed by atoms with Gasteiger partial charge in [-0.15, -0.1) is 0 Å². The van der Waals surface area contributed by atoms with Crippen molar-refractivity contribution in [1.82, 2.24) is 0 Å². The molecule has 0 spiro atoms. The summed E-state index contributed by atoms with van der Waals surface area (Å²) in [6, 6.07) is 7.45. The zero-order valence-corrected chi connectivity index (χ0v) is 14.0. The molecule has 2 amide bonds. The van der Waals surface area contributed by atoms with Crippen LogP contribution in [0.25, 0.3) is 0 Å². The Morgan fingerprint density at radius 3 is 2.54 bits per heavy atom. The normalized spacial score (nSPS) is 10.1. The molecule has 2 aromatic rings. The van der Waals surface area contributed by atoms with Crippen LogP contribution in [0.1, 0.15) is 24.2 Å². The van der Waals surface area contributed by atoms with E-state index in [1.54, 1.807) is 6.92 Å². The first-order chi connectivity index (χ1) is 12.3. The van der Waals surface area contributed by atoms with Gasteiger partial charge in [0.05, 0.1) is 17.2 Å². The van der Waals surface area contributed by atoms with Crippen molar-refractivity contribution >= 4 is 28.9 Å². The molecular weight excluding hydrogens is 345 g/mol. The number of carbonyl (C=O) groups excluding carboxylic acids is 2. The summed E-state index contributed by atoms with van der Waals surface area (Å²) >= 11 is 0. The predicted octanol–water partition coefficient (Wildman–Crippen LogP) is 3.34. The zero-order valence-electron chi connectivity index (χ0n) is 14.0. The number of amides is 2. The summed E-state index contributed by atoms with van der Waals surface area (Å²) in [7, 11) is 0. The van der Waals surface area contributed by atoms with Gasteiger partial charge in [0, 0.05) is 24.2 Å². The second kappa shape index (κ2) is 8.06. The SMILES string of the molecule is CCOc1ccc(C(=O)Nc2ccc(F)c(NC(C)=O)c2)cc1[N+](=O)[O-]. The third-order valence-corrected chi connectivity index (χ3v) is 3.25. The van der Waals surface area contributed by atoms with Crippen LogP contribution in [0.5, 0.6) is 5.75 Å². The molecule has 0 aliphatic carbocycles. The van der Waals surface area contributed by atoms with Crippen molar-refractivity contribution in [1.29, 1.82) is 0 Å². The first kappa shape index (κ1) is 18.8. The van der Waals surface area contributed by atoms with Gasteiger partial charge in [-0.3, -0.25) is 19.7 Å². The Morgan fingerprint density at radius 2 is 1.92 bits per heavy atom. The standard InChI is InChI=1S/C17H16FN3O5/c1-3-26-16-7-4-11(8-15(16)21(24)25)17(23)20-12-5-6-13(18)14(9-12)19-10(2)22/h4-9H,3H2,1-2H3,(H,19,22)(H,20,23). The Morgan fingerprint density at radius 1 is 1.19 bits per heavy atom. The number of benzene rings is 2. The average molecular weight is 361 g/mol. The average Bonchev–Trinajstić information content (AvgIpc) is 2.57. The van der Waals surface area contributed by atoms with E-state index in [1.807, 2.05) is 0 Å². The summed E-state index contributed by atoms with van der Waals surface area (Å²) in [5, 5.41) is 15.9. The number of hydrogen-bond donors (Lipinski definition) is 2. The van der Waals surface area contributed by atoms with E-state index in [9.17, 15) is 24.1 Å². The van der Waals surface area contributed by atoms with Gasteiger partial charge in [0.1, 0.15) is 5.82 Å². The van der Waals surface area contributed by atoms with Crippen molar-refractivity contribution in [3.63, 3.8) is 0 Å². The number of nitro groups is 1. The highest BCUT2D eigenvalue weighted by atomic mass is 19.1. The van der Waals surface area contributed by atoms with E-state index >= 15 is 0 Å². The van der Waals surface area contributed by atoms with E-state index < -0.39 is 22.6 Å². The molecule has 136 valence electrons. The number of anilines is 2. The van der Waals surface area contributed by atoms with Gasteiger partial charge in [0.15, 0.2) is 5.75 Å². The summed E-state index contributed by atoms with van der Waals surface area (Å²) < 4.78 is 18.8. The third kappa shape index (κ3) is 4.53. The molecule has 0 saturated heterocycles. The van der Waals surface area contributed by atoms with Crippen LogP contribution in [0.2, 0.25) is 0 Å².